The second kappa shape index (κ2) is 5.98. The molecule has 2 nitrogen and oxygen atoms in total. The molecule has 3 heteroatoms. The van der Waals surface area contributed by atoms with Gasteiger partial charge in [0, 0.05) is 22.1 Å². The summed E-state index contributed by atoms with van der Waals surface area (Å²) in [6, 6.07) is 8.83. The van der Waals surface area contributed by atoms with E-state index in [2.05, 4.69) is 50.4 Å². The first-order valence-corrected chi connectivity index (χ1v) is 8.13. The fourth-order valence-electron chi connectivity index (χ4n) is 2.79. The molecular weight excluding hydrogens is 242 g/mol. The third-order valence-corrected chi connectivity index (χ3v) is 5.68. The second-order valence-corrected chi connectivity index (χ2v) is 7.39. The van der Waals surface area contributed by atoms with Crippen molar-refractivity contribution in [3.63, 3.8) is 0 Å². The van der Waals surface area contributed by atoms with Crippen molar-refractivity contribution in [2.24, 2.45) is 0 Å². The number of hydrogen-bond donors (Lipinski definition) is 1. The Morgan fingerprint density at radius 2 is 2.11 bits per heavy atom. The fraction of sp³-hybridized carbons (Fsp3) is 0.600. The quantitative estimate of drug-likeness (QED) is 0.907. The normalized spacial score (nSPS) is 24.9. The molecule has 0 amide bonds. The molecule has 0 aliphatic heterocycles. The third kappa shape index (κ3) is 2.67. The summed E-state index contributed by atoms with van der Waals surface area (Å²) >= 11 is 0. The lowest BCUT2D eigenvalue weighted by molar-refractivity contribution is 0.473. The molecule has 2 rings (SSSR count). The zero-order chi connectivity index (χ0) is 13.1. The van der Waals surface area contributed by atoms with Crippen molar-refractivity contribution in [3.8, 4) is 0 Å². The number of nitrogens with one attached hydrogen (secondary N) is 1. The molecule has 1 aliphatic rings. The molecule has 3 unspecified atom stereocenters. The molecule has 0 fully saturated rings. The van der Waals surface area contributed by atoms with E-state index in [0.717, 1.165) is 19.4 Å². The van der Waals surface area contributed by atoms with Gasteiger partial charge in [-0.2, -0.15) is 0 Å². The van der Waals surface area contributed by atoms with Crippen LogP contribution in [0.3, 0.4) is 0 Å². The Morgan fingerprint density at radius 3 is 2.78 bits per heavy atom. The predicted molar refractivity (Wildman–Crippen MR) is 78.2 cm³/mol. The summed E-state index contributed by atoms with van der Waals surface area (Å²) in [6.45, 7) is 7.15. The maximum absolute atomic E-state index is 12.5. The lowest BCUT2D eigenvalue weighted by Crippen LogP contribution is -2.40. The van der Waals surface area contributed by atoms with Crippen LogP contribution >= 0.6 is 0 Å². The van der Waals surface area contributed by atoms with E-state index in [4.69, 9.17) is 0 Å². The Balaban J connectivity index is 2.32. The van der Waals surface area contributed by atoms with E-state index in [1.54, 1.807) is 0 Å². The van der Waals surface area contributed by atoms with Crippen LogP contribution in [0.1, 0.15) is 44.4 Å². The van der Waals surface area contributed by atoms with Gasteiger partial charge in [-0.05, 0) is 30.5 Å². The Bertz CT molecular complexity index is 430. The van der Waals surface area contributed by atoms with E-state index in [1.165, 1.54) is 11.1 Å². The van der Waals surface area contributed by atoms with Crippen molar-refractivity contribution in [2.75, 3.05) is 6.54 Å². The highest BCUT2D eigenvalue weighted by molar-refractivity contribution is 7.86. The average Bonchev–Trinajstić information content (AvgIpc) is 2.38. The van der Waals surface area contributed by atoms with Crippen molar-refractivity contribution < 1.29 is 4.21 Å². The van der Waals surface area contributed by atoms with Gasteiger partial charge in [-0.15, -0.1) is 0 Å². The standard InChI is InChI=1S/C15H23NOS/c1-4-16-15-13-8-6-5-7-12(13)9-10-14(15)18(17)11(2)3/h5-8,11,14-16H,4,9-10H2,1-3H3. The van der Waals surface area contributed by atoms with Gasteiger partial charge in [-0.3, -0.25) is 4.21 Å². The number of hydrogen-bond acceptors (Lipinski definition) is 2. The lowest BCUT2D eigenvalue weighted by Gasteiger charge is -2.34. The summed E-state index contributed by atoms with van der Waals surface area (Å²) in [5.41, 5.74) is 2.77. The van der Waals surface area contributed by atoms with Gasteiger partial charge in [0.1, 0.15) is 0 Å². The molecule has 0 aromatic heterocycles. The van der Waals surface area contributed by atoms with Crippen LogP contribution in [0.2, 0.25) is 0 Å². The zero-order valence-electron chi connectivity index (χ0n) is 11.5. The van der Waals surface area contributed by atoms with Crippen molar-refractivity contribution >= 4 is 10.8 Å². The highest BCUT2D eigenvalue weighted by Crippen LogP contribution is 2.33. The highest BCUT2D eigenvalue weighted by Gasteiger charge is 2.33. The minimum Gasteiger partial charge on any atom is -0.309 e. The molecule has 0 heterocycles. The smallest absolute Gasteiger partial charge is 0.0548 e. The lowest BCUT2D eigenvalue weighted by atomic mass is 9.87. The van der Waals surface area contributed by atoms with Gasteiger partial charge < -0.3 is 5.32 Å². The first-order chi connectivity index (χ1) is 8.65. The van der Waals surface area contributed by atoms with Gasteiger partial charge in [-0.1, -0.05) is 45.0 Å². The maximum atomic E-state index is 12.5. The van der Waals surface area contributed by atoms with Crippen molar-refractivity contribution in [3.05, 3.63) is 35.4 Å². The monoisotopic (exact) mass is 265 g/mol. The molecule has 0 spiro atoms. The molecule has 3 atom stereocenters. The summed E-state index contributed by atoms with van der Waals surface area (Å²) in [5, 5.41) is 4.02. The molecular formula is C15H23NOS. The van der Waals surface area contributed by atoms with Crippen LogP contribution in [0.4, 0.5) is 0 Å². The van der Waals surface area contributed by atoms with Gasteiger partial charge in [-0.25, -0.2) is 0 Å². The molecule has 0 radical (unpaired) electrons. The molecule has 100 valence electrons. The molecule has 0 bridgehead atoms. The number of fused-ring (bicyclic) bond motifs is 1. The largest absolute Gasteiger partial charge is 0.309 e. The van der Waals surface area contributed by atoms with Crippen LogP contribution in [0.15, 0.2) is 24.3 Å². The van der Waals surface area contributed by atoms with E-state index in [0.29, 0.717) is 0 Å². The summed E-state index contributed by atoms with van der Waals surface area (Å²) in [5.74, 6) is 0. The summed E-state index contributed by atoms with van der Waals surface area (Å²) in [7, 11) is -0.760. The van der Waals surface area contributed by atoms with E-state index in [-0.39, 0.29) is 16.5 Å². The highest BCUT2D eigenvalue weighted by atomic mass is 32.2. The van der Waals surface area contributed by atoms with Crippen molar-refractivity contribution in [1.82, 2.24) is 5.32 Å². The fourth-order valence-corrected chi connectivity index (χ4v) is 4.35. The molecule has 18 heavy (non-hydrogen) atoms. The first kappa shape index (κ1) is 13.8. The third-order valence-electron chi connectivity index (χ3n) is 3.65. The van der Waals surface area contributed by atoms with Crippen LogP contribution in [0.25, 0.3) is 0 Å². The number of benzene rings is 1. The van der Waals surface area contributed by atoms with Gasteiger partial charge >= 0.3 is 0 Å². The predicted octanol–water partition coefficient (Wildman–Crippen LogP) is 2.81. The first-order valence-electron chi connectivity index (χ1n) is 6.85. The minimum absolute atomic E-state index is 0.237. The molecule has 1 aliphatic carbocycles. The van der Waals surface area contributed by atoms with Crippen LogP contribution < -0.4 is 5.32 Å². The van der Waals surface area contributed by atoms with Gasteiger partial charge in [0.15, 0.2) is 0 Å². The Hall–Kier alpha value is -0.670. The molecule has 1 N–H and O–H groups in total. The molecule has 0 saturated carbocycles. The molecule has 1 aromatic rings. The van der Waals surface area contributed by atoms with E-state index in [9.17, 15) is 4.21 Å². The Morgan fingerprint density at radius 1 is 1.39 bits per heavy atom. The molecule has 1 aromatic carbocycles. The van der Waals surface area contributed by atoms with Gasteiger partial charge in [0.25, 0.3) is 0 Å². The van der Waals surface area contributed by atoms with Crippen LogP contribution in [-0.4, -0.2) is 21.3 Å². The van der Waals surface area contributed by atoms with Crippen molar-refractivity contribution in [2.45, 2.75) is 50.2 Å². The zero-order valence-corrected chi connectivity index (χ0v) is 12.3. The van der Waals surface area contributed by atoms with Gasteiger partial charge in [0.2, 0.25) is 0 Å². The van der Waals surface area contributed by atoms with Crippen LogP contribution in [-0.2, 0) is 17.2 Å². The van der Waals surface area contributed by atoms with E-state index >= 15 is 0 Å². The topological polar surface area (TPSA) is 29.1 Å². The number of rotatable bonds is 4. The van der Waals surface area contributed by atoms with Crippen LogP contribution in [0, 0.1) is 0 Å². The number of aryl methyl sites for hydroxylation is 1. The Kier molecular flexibility index (Phi) is 4.57. The summed E-state index contributed by atoms with van der Waals surface area (Å²) < 4.78 is 12.5. The summed E-state index contributed by atoms with van der Waals surface area (Å²) in [6.07, 6.45) is 2.08. The molecule has 0 saturated heterocycles. The average molecular weight is 265 g/mol. The SMILES string of the molecule is CCNC1c2ccccc2CCC1S(=O)C(C)C. The second-order valence-electron chi connectivity index (χ2n) is 5.19. The van der Waals surface area contributed by atoms with E-state index < -0.39 is 10.8 Å². The summed E-state index contributed by atoms with van der Waals surface area (Å²) in [4.78, 5) is 0. The van der Waals surface area contributed by atoms with Gasteiger partial charge in [0.05, 0.1) is 5.25 Å². The minimum atomic E-state index is -0.760. The maximum Gasteiger partial charge on any atom is 0.0548 e. The van der Waals surface area contributed by atoms with Crippen molar-refractivity contribution in [1.29, 1.82) is 0 Å². The Labute approximate surface area is 113 Å². The van der Waals surface area contributed by atoms with E-state index in [1.807, 2.05) is 0 Å². The van der Waals surface area contributed by atoms with Crippen LogP contribution in [0.5, 0.6) is 0 Å².